The van der Waals surface area contributed by atoms with Gasteiger partial charge in [0.2, 0.25) is 5.91 Å². The molecule has 1 aromatic carbocycles. The maximum absolute atomic E-state index is 11.7. The highest BCUT2D eigenvalue weighted by Gasteiger charge is 2.24. The number of hydrogen-bond acceptors (Lipinski definition) is 2. The zero-order valence-electron chi connectivity index (χ0n) is 12.7. The minimum absolute atomic E-state index is 0.123. The van der Waals surface area contributed by atoms with Crippen molar-refractivity contribution in [1.82, 2.24) is 5.32 Å². The lowest BCUT2D eigenvalue weighted by atomic mass is 9.85. The van der Waals surface area contributed by atoms with Gasteiger partial charge in [0.25, 0.3) is 0 Å². The first-order valence-corrected chi connectivity index (χ1v) is 7.48. The second kappa shape index (κ2) is 6.29. The van der Waals surface area contributed by atoms with Gasteiger partial charge in [0.1, 0.15) is 12.4 Å². The summed E-state index contributed by atoms with van der Waals surface area (Å²) in [7, 11) is 0. The van der Waals surface area contributed by atoms with E-state index < -0.39 is 0 Å². The zero-order valence-corrected chi connectivity index (χ0v) is 12.7. The Bertz CT molecular complexity index is 458. The molecule has 1 amide bonds. The molecule has 0 aliphatic heterocycles. The van der Waals surface area contributed by atoms with Crippen LogP contribution in [0.5, 0.6) is 5.75 Å². The normalized spacial score (nSPS) is 15.6. The number of ether oxygens (including phenoxy) is 1. The van der Waals surface area contributed by atoms with E-state index in [1.807, 2.05) is 12.1 Å². The highest BCUT2D eigenvalue weighted by atomic mass is 16.5. The number of carbonyl (C=O) groups is 1. The molecule has 1 fully saturated rings. The van der Waals surface area contributed by atoms with Crippen molar-refractivity contribution in [2.45, 2.75) is 45.4 Å². The Kier molecular flexibility index (Phi) is 4.69. The SMILES string of the molecule is CC(C)(C)c1cccc(OCCNC(=O)C2CCC2)c1. The lowest BCUT2D eigenvalue weighted by Gasteiger charge is -2.24. The maximum Gasteiger partial charge on any atom is 0.223 e. The average Bonchev–Trinajstić information content (AvgIpc) is 2.32. The minimum atomic E-state index is 0.123. The summed E-state index contributed by atoms with van der Waals surface area (Å²) in [5, 5.41) is 2.94. The van der Waals surface area contributed by atoms with E-state index in [0.717, 1.165) is 18.6 Å². The molecule has 3 nitrogen and oxygen atoms in total. The van der Waals surface area contributed by atoms with Gasteiger partial charge in [-0.1, -0.05) is 39.3 Å². The van der Waals surface area contributed by atoms with Crippen molar-refractivity contribution in [3.05, 3.63) is 29.8 Å². The van der Waals surface area contributed by atoms with Crippen LogP contribution in [0.2, 0.25) is 0 Å². The number of hydrogen-bond donors (Lipinski definition) is 1. The summed E-state index contributed by atoms with van der Waals surface area (Å²) in [6, 6.07) is 8.17. The monoisotopic (exact) mass is 275 g/mol. The molecule has 1 aliphatic carbocycles. The van der Waals surface area contributed by atoms with Gasteiger partial charge < -0.3 is 10.1 Å². The van der Waals surface area contributed by atoms with Gasteiger partial charge in [-0.15, -0.1) is 0 Å². The van der Waals surface area contributed by atoms with E-state index in [0.29, 0.717) is 13.2 Å². The Balaban J connectivity index is 1.75. The largest absolute Gasteiger partial charge is 0.492 e. The van der Waals surface area contributed by atoms with Gasteiger partial charge in [-0.2, -0.15) is 0 Å². The Labute approximate surface area is 121 Å². The predicted molar refractivity (Wildman–Crippen MR) is 81.0 cm³/mol. The van der Waals surface area contributed by atoms with E-state index in [-0.39, 0.29) is 17.2 Å². The highest BCUT2D eigenvalue weighted by molar-refractivity contribution is 5.79. The van der Waals surface area contributed by atoms with E-state index in [4.69, 9.17) is 4.74 Å². The number of rotatable bonds is 5. The van der Waals surface area contributed by atoms with Crippen LogP contribution >= 0.6 is 0 Å². The number of amides is 1. The number of benzene rings is 1. The first-order chi connectivity index (χ1) is 9.47. The molecule has 1 N–H and O–H groups in total. The van der Waals surface area contributed by atoms with Crippen molar-refractivity contribution in [2.75, 3.05) is 13.2 Å². The van der Waals surface area contributed by atoms with Gasteiger partial charge >= 0.3 is 0 Å². The third-order valence-electron chi connectivity index (χ3n) is 3.85. The lowest BCUT2D eigenvalue weighted by molar-refractivity contribution is -0.127. The van der Waals surface area contributed by atoms with Crippen LogP contribution in [-0.2, 0) is 10.2 Å². The molecule has 0 heterocycles. The van der Waals surface area contributed by atoms with Crippen LogP contribution in [-0.4, -0.2) is 19.1 Å². The minimum Gasteiger partial charge on any atom is -0.492 e. The summed E-state index contributed by atoms with van der Waals surface area (Å²) < 4.78 is 5.71. The summed E-state index contributed by atoms with van der Waals surface area (Å²) in [6.45, 7) is 7.65. The molecule has 20 heavy (non-hydrogen) atoms. The summed E-state index contributed by atoms with van der Waals surface area (Å²) in [5.41, 5.74) is 1.38. The maximum atomic E-state index is 11.7. The molecule has 0 spiro atoms. The second-order valence-corrected chi connectivity index (χ2v) is 6.55. The third-order valence-corrected chi connectivity index (χ3v) is 3.85. The smallest absolute Gasteiger partial charge is 0.223 e. The van der Waals surface area contributed by atoms with Crippen molar-refractivity contribution in [2.24, 2.45) is 5.92 Å². The lowest BCUT2D eigenvalue weighted by Crippen LogP contribution is -2.36. The van der Waals surface area contributed by atoms with Crippen molar-refractivity contribution in [3.8, 4) is 5.75 Å². The van der Waals surface area contributed by atoms with Gasteiger partial charge in [0.15, 0.2) is 0 Å². The first kappa shape index (κ1) is 14.9. The van der Waals surface area contributed by atoms with E-state index in [1.54, 1.807) is 0 Å². The van der Waals surface area contributed by atoms with Gasteiger partial charge in [-0.25, -0.2) is 0 Å². The molecular formula is C17H25NO2. The summed E-state index contributed by atoms with van der Waals surface area (Å²) >= 11 is 0. The summed E-state index contributed by atoms with van der Waals surface area (Å²) in [4.78, 5) is 11.7. The molecule has 1 aliphatic rings. The fraction of sp³-hybridized carbons (Fsp3) is 0.588. The molecule has 0 aromatic heterocycles. The molecule has 1 aromatic rings. The molecule has 0 bridgehead atoms. The van der Waals surface area contributed by atoms with Gasteiger partial charge in [-0.3, -0.25) is 4.79 Å². The van der Waals surface area contributed by atoms with Crippen LogP contribution in [0.4, 0.5) is 0 Å². The predicted octanol–water partition coefficient (Wildman–Crippen LogP) is 3.28. The quantitative estimate of drug-likeness (QED) is 0.837. The molecule has 0 atom stereocenters. The molecule has 0 radical (unpaired) electrons. The zero-order chi connectivity index (χ0) is 14.6. The van der Waals surface area contributed by atoms with E-state index in [1.165, 1.54) is 12.0 Å². The summed E-state index contributed by atoms with van der Waals surface area (Å²) in [5.74, 6) is 1.30. The average molecular weight is 275 g/mol. The highest BCUT2D eigenvalue weighted by Crippen LogP contribution is 2.26. The Morgan fingerprint density at radius 3 is 2.70 bits per heavy atom. The molecule has 2 rings (SSSR count). The van der Waals surface area contributed by atoms with Crippen molar-refractivity contribution in [1.29, 1.82) is 0 Å². The van der Waals surface area contributed by atoms with Gasteiger partial charge in [0.05, 0.1) is 6.54 Å². The Morgan fingerprint density at radius 2 is 2.10 bits per heavy atom. The van der Waals surface area contributed by atoms with Gasteiger partial charge in [0, 0.05) is 5.92 Å². The van der Waals surface area contributed by atoms with Crippen LogP contribution in [0, 0.1) is 5.92 Å². The Morgan fingerprint density at radius 1 is 1.35 bits per heavy atom. The Hall–Kier alpha value is -1.51. The molecule has 110 valence electrons. The topological polar surface area (TPSA) is 38.3 Å². The standard InChI is InChI=1S/C17H25NO2/c1-17(2,3)14-8-5-9-15(12-14)20-11-10-18-16(19)13-6-4-7-13/h5,8-9,12-13H,4,6-7,10-11H2,1-3H3,(H,18,19). The van der Waals surface area contributed by atoms with Crippen molar-refractivity contribution >= 4 is 5.91 Å². The van der Waals surface area contributed by atoms with Crippen LogP contribution in [0.25, 0.3) is 0 Å². The molecule has 3 heteroatoms. The van der Waals surface area contributed by atoms with Crippen LogP contribution in [0.15, 0.2) is 24.3 Å². The van der Waals surface area contributed by atoms with E-state index in [2.05, 4.69) is 38.2 Å². The van der Waals surface area contributed by atoms with Crippen LogP contribution < -0.4 is 10.1 Å². The van der Waals surface area contributed by atoms with Gasteiger partial charge in [-0.05, 0) is 36.0 Å². The third kappa shape index (κ3) is 3.99. The van der Waals surface area contributed by atoms with E-state index >= 15 is 0 Å². The first-order valence-electron chi connectivity index (χ1n) is 7.48. The van der Waals surface area contributed by atoms with E-state index in [9.17, 15) is 4.79 Å². The second-order valence-electron chi connectivity index (χ2n) is 6.55. The van der Waals surface area contributed by atoms with Crippen molar-refractivity contribution < 1.29 is 9.53 Å². The fourth-order valence-electron chi connectivity index (χ4n) is 2.21. The van der Waals surface area contributed by atoms with Crippen LogP contribution in [0.1, 0.15) is 45.6 Å². The molecule has 1 saturated carbocycles. The molecule has 0 saturated heterocycles. The number of carbonyl (C=O) groups excluding carboxylic acids is 1. The fourth-order valence-corrected chi connectivity index (χ4v) is 2.21. The van der Waals surface area contributed by atoms with Crippen molar-refractivity contribution in [3.63, 3.8) is 0 Å². The van der Waals surface area contributed by atoms with Crippen LogP contribution in [0.3, 0.4) is 0 Å². The summed E-state index contributed by atoms with van der Waals surface area (Å²) in [6.07, 6.45) is 3.27. The molecule has 0 unspecified atom stereocenters. The molecular weight excluding hydrogens is 250 g/mol. The number of nitrogens with one attached hydrogen (secondary N) is 1.